The van der Waals surface area contributed by atoms with Gasteiger partial charge in [0.2, 0.25) is 5.91 Å². The summed E-state index contributed by atoms with van der Waals surface area (Å²) in [5.74, 6) is -0.781. The number of hydrogen-bond donors (Lipinski definition) is 1. The molecule has 7 nitrogen and oxygen atoms in total. The second kappa shape index (κ2) is 9.59. The SMILES string of the molecule is C=CC(=O)N1CCN2c3c(cnc4cc(-c5c(O)cccc5F)c(Cl)cc34)N(CCN(C)C)C[C@H]2C1. The van der Waals surface area contributed by atoms with E-state index in [0.717, 1.165) is 36.4 Å². The minimum Gasteiger partial charge on any atom is -0.507 e. The number of fused-ring (bicyclic) bond motifs is 5. The van der Waals surface area contributed by atoms with E-state index in [4.69, 9.17) is 16.6 Å². The van der Waals surface area contributed by atoms with Crippen molar-refractivity contribution in [3.05, 3.63) is 60.0 Å². The summed E-state index contributed by atoms with van der Waals surface area (Å²) >= 11 is 6.71. The Morgan fingerprint density at radius 1 is 1.31 bits per heavy atom. The molecule has 3 aromatic rings. The van der Waals surface area contributed by atoms with E-state index in [2.05, 4.69) is 21.3 Å². The molecule has 0 spiro atoms. The third-order valence-corrected chi connectivity index (χ3v) is 7.33. The van der Waals surface area contributed by atoms with Gasteiger partial charge in [-0.1, -0.05) is 24.2 Å². The molecule has 1 amide bonds. The number of anilines is 2. The van der Waals surface area contributed by atoms with Gasteiger partial charge in [0.1, 0.15) is 11.6 Å². The van der Waals surface area contributed by atoms with Crippen molar-refractivity contribution in [3.63, 3.8) is 0 Å². The van der Waals surface area contributed by atoms with Gasteiger partial charge in [-0.25, -0.2) is 4.39 Å². The standard InChI is InChI=1S/C27H29ClFN5O2/c1-4-25(36)33-10-11-34-17(16-33)15-32(9-8-31(2)3)23-14-30-22-13-18(20(28)12-19(22)27(23)34)26-21(29)6-5-7-24(26)35/h4-7,12-14,17,35H,1,8-11,15-16H2,2-3H3/t17-/m0/s1. The second-order valence-corrected chi connectivity index (χ2v) is 9.97. The number of nitrogens with zero attached hydrogens (tertiary/aromatic N) is 5. The van der Waals surface area contributed by atoms with Crippen molar-refractivity contribution in [2.45, 2.75) is 6.04 Å². The Balaban J connectivity index is 1.64. The molecule has 2 aromatic carbocycles. The number of aromatic hydroxyl groups is 1. The van der Waals surface area contributed by atoms with Crippen molar-refractivity contribution < 1.29 is 14.3 Å². The smallest absolute Gasteiger partial charge is 0.246 e. The number of aromatic nitrogens is 1. The molecule has 0 radical (unpaired) electrons. The average Bonchev–Trinajstić information content (AvgIpc) is 2.86. The van der Waals surface area contributed by atoms with E-state index < -0.39 is 5.82 Å². The van der Waals surface area contributed by atoms with Gasteiger partial charge >= 0.3 is 0 Å². The van der Waals surface area contributed by atoms with E-state index in [1.54, 1.807) is 6.07 Å². The van der Waals surface area contributed by atoms with Crippen LogP contribution in [0.15, 0.2) is 49.2 Å². The van der Waals surface area contributed by atoms with Crippen LogP contribution in [-0.2, 0) is 4.79 Å². The van der Waals surface area contributed by atoms with Gasteiger partial charge in [0.25, 0.3) is 0 Å². The molecule has 0 bridgehead atoms. The lowest BCUT2D eigenvalue weighted by molar-refractivity contribution is -0.126. The highest BCUT2D eigenvalue weighted by Crippen LogP contribution is 2.45. The molecule has 0 aliphatic carbocycles. The fourth-order valence-corrected chi connectivity index (χ4v) is 5.47. The summed E-state index contributed by atoms with van der Waals surface area (Å²) in [5, 5.41) is 11.5. The van der Waals surface area contributed by atoms with E-state index in [9.17, 15) is 14.3 Å². The molecule has 1 atom stereocenters. The highest BCUT2D eigenvalue weighted by atomic mass is 35.5. The topological polar surface area (TPSA) is 63.2 Å². The molecule has 1 saturated heterocycles. The third-order valence-electron chi connectivity index (χ3n) is 7.02. The third kappa shape index (κ3) is 4.24. The zero-order chi connectivity index (χ0) is 25.6. The van der Waals surface area contributed by atoms with Gasteiger partial charge < -0.3 is 24.7 Å². The largest absolute Gasteiger partial charge is 0.507 e. The molecule has 1 aromatic heterocycles. The van der Waals surface area contributed by atoms with E-state index in [1.165, 1.54) is 24.3 Å². The van der Waals surface area contributed by atoms with Crippen LogP contribution in [0.2, 0.25) is 5.02 Å². The predicted octanol–water partition coefficient (Wildman–Crippen LogP) is 3.98. The predicted molar refractivity (Wildman–Crippen MR) is 142 cm³/mol. The van der Waals surface area contributed by atoms with Crippen LogP contribution >= 0.6 is 11.6 Å². The van der Waals surface area contributed by atoms with Crippen molar-refractivity contribution in [1.29, 1.82) is 0 Å². The normalized spacial score (nSPS) is 17.4. The summed E-state index contributed by atoms with van der Waals surface area (Å²) in [6, 6.07) is 7.84. The number of piperazine rings is 1. The summed E-state index contributed by atoms with van der Waals surface area (Å²) in [5.41, 5.74) is 3.15. The highest BCUT2D eigenvalue weighted by Gasteiger charge is 2.37. The summed E-state index contributed by atoms with van der Waals surface area (Å²) in [7, 11) is 4.08. The van der Waals surface area contributed by atoms with Gasteiger partial charge in [-0.15, -0.1) is 0 Å². The molecule has 0 unspecified atom stereocenters. The first-order valence-corrected chi connectivity index (χ1v) is 12.3. The minimum atomic E-state index is -0.549. The highest BCUT2D eigenvalue weighted by molar-refractivity contribution is 6.34. The number of rotatable bonds is 5. The molecular weight excluding hydrogens is 481 g/mol. The molecule has 0 saturated carbocycles. The van der Waals surface area contributed by atoms with Crippen molar-refractivity contribution in [2.75, 3.05) is 63.2 Å². The molecule has 2 aliphatic rings. The number of benzene rings is 2. The number of likely N-dealkylation sites (N-methyl/N-ethyl adjacent to an activating group) is 1. The Kier molecular flexibility index (Phi) is 6.49. The number of hydrogen-bond acceptors (Lipinski definition) is 6. The molecule has 2 aliphatic heterocycles. The van der Waals surface area contributed by atoms with Crippen LogP contribution < -0.4 is 9.80 Å². The first-order chi connectivity index (χ1) is 17.3. The Labute approximate surface area is 215 Å². The number of halogens is 2. The van der Waals surface area contributed by atoms with Crippen LogP contribution in [-0.4, -0.2) is 85.2 Å². The fraction of sp³-hybridized carbons (Fsp3) is 0.333. The van der Waals surface area contributed by atoms with Crippen LogP contribution in [0.3, 0.4) is 0 Å². The maximum absolute atomic E-state index is 14.6. The Hall–Kier alpha value is -3.36. The molecule has 188 valence electrons. The molecule has 3 heterocycles. The first kappa shape index (κ1) is 24.3. The lowest BCUT2D eigenvalue weighted by Gasteiger charge is -2.49. The number of phenolic OH excluding ortho intramolecular Hbond substituents is 1. The van der Waals surface area contributed by atoms with Crippen molar-refractivity contribution in [1.82, 2.24) is 14.8 Å². The van der Waals surface area contributed by atoms with E-state index >= 15 is 0 Å². The van der Waals surface area contributed by atoms with Crippen molar-refractivity contribution >= 4 is 39.8 Å². The molecule has 5 rings (SSSR count). The van der Waals surface area contributed by atoms with Crippen molar-refractivity contribution in [2.24, 2.45) is 0 Å². The number of carbonyl (C=O) groups excluding carboxylic acids is 1. The number of amides is 1. The summed E-state index contributed by atoms with van der Waals surface area (Å²) < 4.78 is 14.6. The summed E-state index contributed by atoms with van der Waals surface area (Å²) in [6.07, 6.45) is 3.23. The lowest BCUT2D eigenvalue weighted by atomic mass is 9.98. The second-order valence-electron chi connectivity index (χ2n) is 9.56. The van der Waals surface area contributed by atoms with Gasteiger partial charge in [-0.2, -0.15) is 0 Å². The summed E-state index contributed by atoms with van der Waals surface area (Å²) in [6.45, 7) is 7.95. The minimum absolute atomic E-state index is 0.0581. The number of carbonyl (C=O) groups is 1. The molecular formula is C27H29ClFN5O2. The number of pyridine rings is 1. The summed E-state index contributed by atoms with van der Waals surface area (Å²) in [4.78, 5) is 25.7. The first-order valence-electron chi connectivity index (χ1n) is 12.0. The quantitative estimate of drug-likeness (QED) is 0.525. The molecule has 9 heteroatoms. The monoisotopic (exact) mass is 509 g/mol. The van der Waals surface area contributed by atoms with E-state index in [0.29, 0.717) is 35.7 Å². The number of phenols is 1. The van der Waals surface area contributed by atoms with Gasteiger partial charge in [0.05, 0.1) is 34.7 Å². The van der Waals surface area contributed by atoms with Crippen molar-refractivity contribution in [3.8, 4) is 16.9 Å². The van der Waals surface area contributed by atoms with Gasteiger partial charge in [-0.3, -0.25) is 9.78 Å². The van der Waals surface area contributed by atoms with Crippen LogP contribution in [0.4, 0.5) is 15.8 Å². The Bertz CT molecular complexity index is 1330. The van der Waals surface area contributed by atoms with Crippen LogP contribution in [0.1, 0.15) is 0 Å². The van der Waals surface area contributed by atoms with E-state index in [1.807, 2.05) is 31.3 Å². The lowest BCUT2D eigenvalue weighted by Crippen LogP contribution is -2.61. The molecule has 36 heavy (non-hydrogen) atoms. The Morgan fingerprint density at radius 3 is 2.83 bits per heavy atom. The zero-order valence-electron chi connectivity index (χ0n) is 20.4. The molecule has 1 fully saturated rings. The maximum atomic E-state index is 14.6. The van der Waals surface area contributed by atoms with Gasteiger partial charge in [0, 0.05) is 55.2 Å². The maximum Gasteiger partial charge on any atom is 0.246 e. The molecule has 1 N–H and O–H groups in total. The van der Waals surface area contributed by atoms with Crippen LogP contribution in [0, 0.1) is 5.82 Å². The fourth-order valence-electron chi connectivity index (χ4n) is 5.21. The van der Waals surface area contributed by atoms with Crippen LogP contribution in [0.25, 0.3) is 22.0 Å². The van der Waals surface area contributed by atoms with Gasteiger partial charge in [0.15, 0.2) is 0 Å². The van der Waals surface area contributed by atoms with Gasteiger partial charge in [-0.05, 0) is 44.4 Å². The van der Waals surface area contributed by atoms with E-state index in [-0.39, 0.29) is 23.3 Å². The average molecular weight is 510 g/mol. The zero-order valence-corrected chi connectivity index (χ0v) is 21.2. The Morgan fingerprint density at radius 2 is 2.11 bits per heavy atom. The van der Waals surface area contributed by atoms with Crippen LogP contribution in [0.5, 0.6) is 5.75 Å².